The van der Waals surface area contributed by atoms with Crippen molar-refractivity contribution in [2.24, 2.45) is 0 Å². The topological polar surface area (TPSA) is 30.5 Å². The second-order valence-corrected chi connectivity index (χ2v) is 4.21. The van der Waals surface area contributed by atoms with E-state index in [9.17, 15) is 0 Å². The number of ether oxygens (including phenoxy) is 2. The molecule has 0 amide bonds. The highest BCUT2D eigenvalue weighted by Gasteiger charge is 2.05. The van der Waals surface area contributed by atoms with Gasteiger partial charge in [0.2, 0.25) is 0 Å². The molecule has 0 saturated carbocycles. The fourth-order valence-electron chi connectivity index (χ4n) is 1.63. The number of hydrogen-bond donors (Lipinski definition) is 1. The van der Waals surface area contributed by atoms with Gasteiger partial charge in [-0.25, -0.2) is 0 Å². The molecule has 0 aromatic heterocycles. The molecule has 1 unspecified atom stereocenters. The smallest absolute Gasteiger partial charge is 0.173 e. The molecule has 0 radical (unpaired) electrons. The summed E-state index contributed by atoms with van der Waals surface area (Å²) in [5, 5.41) is 3.28. The average molecular weight is 237 g/mol. The van der Waals surface area contributed by atoms with Crippen LogP contribution in [0.4, 0.5) is 5.69 Å². The molecule has 0 heterocycles. The van der Waals surface area contributed by atoms with Gasteiger partial charge in [0.05, 0.1) is 6.54 Å². The third-order valence-electron chi connectivity index (χ3n) is 3.09. The van der Waals surface area contributed by atoms with Crippen LogP contribution in [0.5, 0.6) is 0 Å². The Morgan fingerprint density at radius 2 is 1.71 bits per heavy atom. The van der Waals surface area contributed by atoms with Crippen LogP contribution in [-0.4, -0.2) is 27.1 Å². The van der Waals surface area contributed by atoms with Crippen molar-refractivity contribution in [1.29, 1.82) is 0 Å². The molecule has 0 aliphatic carbocycles. The molecule has 0 aliphatic heterocycles. The average Bonchev–Trinajstić information content (AvgIpc) is 2.39. The summed E-state index contributed by atoms with van der Waals surface area (Å²) in [7, 11) is 3.28. The Kier molecular flexibility index (Phi) is 6.01. The van der Waals surface area contributed by atoms with E-state index in [4.69, 9.17) is 9.47 Å². The maximum atomic E-state index is 5.12. The lowest BCUT2D eigenvalue weighted by atomic mass is 9.99. The third-order valence-corrected chi connectivity index (χ3v) is 3.09. The Morgan fingerprint density at radius 1 is 1.12 bits per heavy atom. The van der Waals surface area contributed by atoms with Crippen molar-refractivity contribution in [3.63, 3.8) is 0 Å². The molecule has 1 aromatic carbocycles. The number of rotatable bonds is 7. The van der Waals surface area contributed by atoms with E-state index in [1.807, 2.05) is 0 Å². The molecule has 3 heteroatoms. The summed E-state index contributed by atoms with van der Waals surface area (Å²) in [5.74, 6) is 0.620. The molecule has 96 valence electrons. The standard InChI is InChI=1S/C14H23NO2/c1-5-11(2)12-6-8-13(9-7-12)15-10-14(16-3)17-4/h6-9,11,14-15H,5,10H2,1-4H3. The van der Waals surface area contributed by atoms with Gasteiger partial charge in [0.1, 0.15) is 0 Å². The van der Waals surface area contributed by atoms with Crippen molar-refractivity contribution in [3.05, 3.63) is 29.8 Å². The quantitative estimate of drug-likeness (QED) is 0.738. The molecule has 17 heavy (non-hydrogen) atoms. The number of anilines is 1. The van der Waals surface area contributed by atoms with E-state index in [0.717, 1.165) is 5.69 Å². The van der Waals surface area contributed by atoms with Crippen molar-refractivity contribution in [2.45, 2.75) is 32.5 Å². The summed E-state index contributed by atoms with van der Waals surface area (Å²) in [6.45, 7) is 5.10. The van der Waals surface area contributed by atoms with Crippen LogP contribution in [0, 0.1) is 0 Å². The van der Waals surface area contributed by atoms with Crippen LogP contribution in [0.3, 0.4) is 0 Å². The Labute approximate surface area is 104 Å². The first kappa shape index (κ1) is 14.0. The molecule has 0 bridgehead atoms. The van der Waals surface area contributed by atoms with Crippen LogP contribution < -0.4 is 5.32 Å². The zero-order valence-electron chi connectivity index (χ0n) is 11.2. The second kappa shape index (κ2) is 7.30. The largest absolute Gasteiger partial charge is 0.380 e. The summed E-state index contributed by atoms with van der Waals surface area (Å²) in [6, 6.07) is 8.55. The molecule has 1 rings (SSSR count). The first-order valence-electron chi connectivity index (χ1n) is 6.10. The van der Waals surface area contributed by atoms with Gasteiger partial charge in [0.25, 0.3) is 0 Å². The molecular formula is C14H23NO2. The maximum Gasteiger partial charge on any atom is 0.173 e. The maximum absolute atomic E-state index is 5.12. The Bertz CT molecular complexity index is 307. The van der Waals surface area contributed by atoms with Crippen molar-refractivity contribution in [2.75, 3.05) is 26.1 Å². The first-order chi connectivity index (χ1) is 8.21. The molecular weight excluding hydrogens is 214 g/mol. The summed E-state index contributed by atoms with van der Waals surface area (Å²) >= 11 is 0. The Morgan fingerprint density at radius 3 is 2.18 bits per heavy atom. The van der Waals surface area contributed by atoms with E-state index in [1.54, 1.807) is 14.2 Å². The fourth-order valence-corrected chi connectivity index (χ4v) is 1.63. The lowest BCUT2D eigenvalue weighted by Crippen LogP contribution is -2.23. The molecule has 0 spiro atoms. The van der Waals surface area contributed by atoms with E-state index < -0.39 is 0 Å². The second-order valence-electron chi connectivity index (χ2n) is 4.21. The first-order valence-corrected chi connectivity index (χ1v) is 6.10. The number of nitrogens with one attached hydrogen (secondary N) is 1. The molecule has 3 nitrogen and oxygen atoms in total. The molecule has 1 atom stereocenters. The highest BCUT2D eigenvalue weighted by molar-refractivity contribution is 5.45. The van der Waals surface area contributed by atoms with Gasteiger partial charge in [-0.1, -0.05) is 26.0 Å². The van der Waals surface area contributed by atoms with Crippen molar-refractivity contribution < 1.29 is 9.47 Å². The number of benzene rings is 1. The summed E-state index contributed by atoms with van der Waals surface area (Å²) in [5.41, 5.74) is 2.48. The highest BCUT2D eigenvalue weighted by atomic mass is 16.7. The van der Waals surface area contributed by atoms with Gasteiger partial charge in [-0.2, -0.15) is 0 Å². The van der Waals surface area contributed by atoms with Crippen LogP contribution in [0.1, 0.15) is 31.7 Å². The lowest BCUT2D eigenvalue weighted by Gasteiger charge is -2.15. The van der Waals surface area contributed by atoms with Gasteiger partial charge in [-0.05, 0) is 30.0 Å². The molecule has 1 aromatic rings. The molecule has 0 fully saturated rings. The van der Waals surface area contributed by atoms with E-state index in [1.165, 1.54) is 12.0 Å². The van der Waals surface area contributed by atoms with Gasteiger partial charge in [-0.3, -0.25) is 0 Å². The van der Waals surface area contributed by atoms with E-state index in [-0.39, 0.29) is 6.29 Å². The van der Waals surface area contributed by atoms with Crippen molar-refractivity contribution >= 4 is 5.69 Å². The highest BCUT2D eigenvalue weighted by Crippen LogP contribution is 2.20. The predicted molar refractivity (Wildman–Crippen MR) is 71.4 cm³/mol. The summed E-state index contributed by atoms with van der Waals surface area (Å²) in [4.78, 5) is 0. The Balaban J connectivity index is 2.50. The Hall–Kier alpha value is -1.06. The fraction of sp³-hybridized carbons (Fsp3) is 0.571. The molecule has 0 aliphatic rings. The lowest BCUT2D eigenvalue weighted by molar-refractivity contribution is -0.0914. The van der Waals surface area contributed by atoms with Crippen LogP contribution in [-0.2, 0) is 9.47 Å². The normalized spacial score (nSPS) is 12.8. The minimum atomic E-state index is -0.204. The number of methoxy groups -OCH3 is 2. The minimum Gasteiger partial charge on any atom is -0.380 e. The van der Waals surface area contributed by atoms with E-state index >= 15 is 0 Å². The van der Waals surface area contributed by atoms with Gasteiger partial charge in [0, 0.05) is 19.9 Å². The molecule has 0 saturated heterocycles. The minimum absolute atomic E-state index is 0.204. The third kappa shape index (κ3) is 4.36. The van der Waals surface area contributed by atoms with Crippen LogP contribution in [0.15, 0.2) is 24.3 Å². The summed E-state index contributed by atoms with van der Waals surface area (Å²) < 4.78 is 10.2. The summed E-state index contributed by atoms with van der Waals surface area (Å²) in [6.07, 6.45) is 0.964. The predicted octanol–water partition coefficient (Wildman–Crippen LogP) is 3.23. The SMILES string of the molecule is CCC(C)c1ccc(NCC(OC)OC)cc1. The molecule has 1 N–H and O–H groups in total. The number of hydrogen-bond acceptors (Lipinski definition) is 3. The zero-order chi connectivity index (χ0) is 12.7. The van der Waals surface area contributed by atoms with Crippen molar-refractivity contribution in [1.82, 2.24) is 0 Å². The zero-order valence-corrected chi connectivity index (χ0v) is 11.2. The van der Waals surface area contributed by atoms with Gasteiger partial charge in [-0.15, -0.1) is 0 Å². The van der Waals surface area contributed by atoms with Crippen LogP contribution in [0.2, 0.25) is 0 Å². The van der Waals surface area contributed by atoms with Crippen LogP contribution in [0.25, 0.3) is 0 Å². The van der Waals surface area contributed by atoms with Gasteiger partial charge in [0.15, 0.2) is 6.29 Å². The van der Waals surface area contributed by atoms with Gasteiger partial charge >= 0.3 is 0 Å². The monoisotopic (exact) mass is 237 g/mol. The van der Waals surface area contributed by atoms with Crippen LogP contribution >= 0.6 is 0 Å². The van der Waals surface area contributed by atoms with E-state index in [2.05, 4.69) is 43.4 Å². The van der Waals surface area contributed by atoms with Gasteiger partial charge < -0.3 is 14.8 Å². The van der Waals surface area contributed by atoms with Crippen molar-refractivity contribution in [3.8, 4) is 0 Å². The van der Waals surface area contributed by atoms with E-state index in [0.29, 0.717) is 12.5 Å².